The maximum Gasteiger partial charge on any atom is 0.307 e. The van der Waals surface area contributed by atoms with Gasteiger partial charge in [0.05, 0.1) is 19.1 Å². The number of carboxylic acid groups (broad SMARTS) is 1. The van der Waals surface area contributed by atoms with Gasteiger partial charge in [0.2, 0.25) is 0 Å². The fourth-order valence-electron chi connectivity index (χ4n) is 3.09. The number of nitrogens with zero attached hydrogens (tertiary/aromatic N) is 1. The van der Waals surface area contributed by atoms with E-state index in [9.17, 15) is 9.90 Å². The molecule has 134 valence electrons. The molecule has 1 fully saturated rings. The molecule has 2 rings (SSSR count). The van der Waals surface area contributed by atoms with Crippen LogP contribution in [0.25, 0.3) is 0 Å². The second-order valence-electron chi connectivity index (χ2n) is 6.45. The Hall–Kier alpha value is -1.75. The van der Waals surface area contributed by atoms with Crippen LogP contribution in [0.3, 0.4) is 0 Å². The third-order valence-electron chi connectivity index (χ3n) is 4.52. The van der Waals surface area contributed by atoms with Crippen molar-refractivity contribution >= 4 is 5.97 Å². The smallest absolute Gasteiger partial charge is 0.307 e. The van der Waals surface area contributed by atoms with Crippen LogP contribution in [0.4, 0.5) is 0 Å². The summed E-state index contributed by atoms with van der Waals surface area (Å²) in [5.41, 5.74) is 1.13. The Bertz CT molecular complexity index is 546. The first kappa shape index (κ1) is 18.6. The Balaban J connectivity index is 2.10. The van der Waals surface area contributed by atoms with Crippen LogP contribution >= 0.6 is 0 Å². The van der Waals surface area contributed by atoms with Gasteiger partial charge in [-0.05, 0) is 50.8 Å². The summed E-state index contributed by atoms with van der Waals surface area (Å²) in [7, 11) is 0. The highest BCUT2D eigenvalue weighted by atomic mass is 16.5. The topological polar surface area (TPSA) is 59.0 Å². The molecule has 1 N–H and O–H groups in total. The van der Waals surface area contributed by atoms with Crippen molar-refractivity contribution in [1.82, 2.24) is 4.90 Å². The summed E-state index contributed by atoms with van der Waals surface area (Å²) in [5, 5.41) is 9.28. The zero-order chi connectivity index (χ0) is 17.5. The van der Waals surface area contributed by atoms with Crippen LogP contribution < -0.4 is 9.47 Å². The quantitative estimate of drug-likeness (QED) is 0.787. The first-order valence-electron chi connectivity index (χ1n) is 8.90. The number of piperidine rings is 1. The van der Waals surface area contributed by atoms with Gasteiger partial charge in [0.1, 0.15) is 0 Å². The van der Waals surface area contributed by atoms with Crippen LogP contribution in [0.1, 0.15) is 45.6 Å². The predicted molar refractivity (Wildman–Crippen MR) is 93.6 cm³/mol. The summed E-state index contributed by atoms with van der Waals surface area (Å²) in [6.45, 7) is 8.80. The summed E-state index contributed by atoms with van der Waals surface area (Å²) in [4.78, 5) is 13.5. The van der Waals surface area contributed by atoms with Crippen LogP contribution in [0, 0.1) is 5.92 Å². The van der Waals surface area contributed by atoms with Gasteiger partial charge in [-0.25, -0.2) is 0 Å². The van der Waals surface area contributed by atoms with Gasteiger partial charge in [-0.2, -0.15) is 0 Å². The molecule has 1 aliphatic rings. The number of hydrogen-bond acceptors (Lipinski definition) is 4. The van der Waals surface area contributed by atoms with E-state index in [-0.39, 0.29) is 5.92 Å². The molecule has 0 radical (unpaired) electrons. The summed E-state index contributed by atoms with van der Waals surface area (Å²) in [5.74, 6) is 0.588. The molecule has 1 aromatic rings. The number of carboxylic acids is 1. The van der Waals surface area contributed by atoms with Crippen molar-refractivity contribution in [2.24, 2.45) is 5.92 Å². The Morgan fingerprint density at radius 2 is 2.04 bits per heavy atom. The molecule has 2 atom stereocenters. The van der Waals surface area contributed by atoms with E-state index >= 15 is 0 Å². The van der Waals surface area contributed by atoms with E-state index in [4.69, 9.17) is 9.47 Å². The molecule has 1 saturated heterocycles. The van der Waals surface area contributed by atoms with Crippen molar-refractivity contribution in [3.8, 4) is 11.5 Å². The molecule has 0 amide bonds. The SMILES string of the molecule is CCCOc1ccc(CN2CC(C(=O)O)CCC2C)cc1OCC. The summed E-state index contributed by atoms with van der Waals surface area (Å²) < 4.78 is 11.4. The average molecular weight is 335 g/mol. The van der Waals surface area contributed by atoms with E-state index in [2.05, 4.69) is 18.7 Å². The minimum Gasteiger partial charge on any atom is -0.490 e. The summed E-state index contributed by atoms with van der Waals surface area (Å²) in [6.07, 6.45) is 2.64. The van der Waals surface area contributed by atoms with Gasteiger partial charge in [-0.3, -0.25) is 9.69 Å². The van der Waals surface area contributed by atoms with Crippen LogP contribution in [-0.2, 0) is 11.3 Å². The summed E-state index contributed by atoms with van der Waals surface area (Å²) in [6, 6.07) is 6.42. The molecule has 0 aromatic heterocycles. The van der Waals surface area contributed by atoms with E-state index in [1.54, 1.807) is 0 Å². The van der Waals surface area contributed by atoms with Gasteiger partial charge >= 0.3 is 5.97 Å². The number of rotatable bonds is 8. The predicted octanol–water partition coefficient (Wildman–Crippen LogP) is 3.56. The van der Waals surface area contributed by atoms with Gasteiger partial charge < -0.3 is 14.6 Å². The largest absolute Gasteiger partial charge is 0.490 e. The first-order valence-corrected chi connectivity index (χ1v) is 8.90. The molecule has 0 saturated carbocycles. The van der Waals surface area contributed by atoms with Crippen molar-refractivity contribution in [2.45, 2.75) is 52.6 Å². The second kappa shape index (κ2) is 8.92. The molecule has 0 bridgehead atoms. The molecule has 5 heteroatoms. The number of aliphatic carboxylic acids is 1. The standard InChI is InChI=1S/C19H29NO4/c1-4-10-24-17-9-7-15(11-18(17)23-5-2)12-20-13-16(19(21)22)8-6-14(20)3/h7,9,11,14,16H,4-6,8,10,12-13H2,1-3H3,(H,21,22). The fourth-order valence-corrected chi connectivity index (χ4v) is 3.09. The lowest BCUT2D eigenvalue weighted by Crippen LogP contribution is -2.43. The van der Waals surface area contributed by atoms with Crippen molar-refractivity contribution in [2.75, 3.05) is 19.8 Å². The van der Waals surface area contributed by atoms with Crippen molar-refractivity contribution in [3.05, 3.63) is 23.8 Å². The fraction of sp³-hybridized carbons (Fsp3) is 0.632. The van der Waals surface area contributed by atoms with Crippen molar-refractivity contribution in [1.29, 1.82) is 0 Å². The Morgan fingerprint density at radius 3 is 2.71 bits per heavy atom. The summed E-state index contributed by atoms with van der Waals surface area (Å²) >= 11 is 0. The van der Waals surface area contributed by atoms with Crippen molar-refractivity contribution < 1.29 is 19.4 Å². The van der Waals surface area contributed by atoms with Crippen LogP contribution in [0.5, 0.6) is 11.5 Å². The molecule has 1 aromatic carbocycles. The molecule has 1 aliphatic heterocycles. The van der Waals surface area contributed by atoms with Crippen LogP contribution in [-0.4, -0.2) is 41.8 Å². The lowest BCUT2D eigenvalue weighted by molar-refractivity contribution is -0.144. The van der Waals surface area contributed by atoms with Crippen LogP contribution in [0.15, 0.2) is 18.2 Å². The number of carbonyl (C=O) groups is 1. The number of likely N-dealkylation sites (tertiary alicyclic amines) is 1. The van der Waals surface area contributed by atoms with Gasteiger partial charge in [-0.15, -0.1) is 0 Å². The third kappa shape index (κ3) is 4.87. The van der Waals surface area contributed by atoms with E-state index < -0.39 is 5.97 Å². The zero-order valence-electron chi connectivity index (χ0n) is 15.0. The maximum absolute atomic E-state index is 11.3. The Kier molecular flexibility index (Phi) is 6.91. The molecule has 0 spiro atoms. The number of ether oxygens (including phenoxy) is 2. The Morgan fingerprint density at radius 1 is 1.25 bits per heavy atom. The molecular formula is C19H29NO4. The lowest BCUT2D eigenvalue weighted by atomic mass is 9.93. The minimum atomic E-state index is -0.690. The van der Waals surface area contributed by atoms with Crippen molar-refractivity contribution in [3.63, 3.8) is 0 Å². The molecular weight excluding hydrogens is 306 g/mol. The first-order chi connectivity index (χ1) is 11.5. The highest BCUT2D eigenvalue weighted by Gasteiger charge is 2.29. The number of benzene rings is 1. The molecule has 1 heterocycles. The minimum absolute atomic E-state index is 0.264. The van der Waals surface area contributed by atoms with Gasteiger partial charge in [0.25, 0.3) is 0 Å². The van der Waals surface area contributed by atoms with Gasteiger partial charge in [-0.1, -0.05) is 13.0 Å². The lowest BCUT2D eigenvalue weighted by Gasteiger charge is -2.36. The molecule has 0 aliphatic carbocycles. The van der Waals surface area contributed by atoms with Gasteiger partial charge in [0.15, 0.2) is 11.5 Å². The maximum atomic E-state index is 11.3. The van der Waals surface area contributed by atoms with Crippen LogP contribution in [0.2, 0.25) is 0 Å². The normalized spacial score (nSPS) is 21.5. The molecule has 24 heavy (non-hydrogen) atoms. The van der Waals surface area contributed by atoms with E-state index in [0.717, 1.165) is 42.9 Å². The molecule has 2 unspecified atom stereocenters. The highest BCUT2D eigenvalue weighted by molar-refractivity contribution is 5.70. The number of hydrogen-bond donors (Lipinski definition) is 1. The zero-order valence-corrected chi connectivity index (χ0v) is 15.0. The van der Waals surface area contributed by atoms with Gasteiger partial charge in [0, 0.05) is 19.1 Å². The highest BCUT2D eigenvalue weighted by Crippen LogP contribution is 2.30. The van der Waals surface area contributed by atoms with E-state index in [1.165, 1.54) is 0 Å². The van der Waals surface area contributed by atoms with E-state index in [0.29, 0.717) is 25.8 Å². The monoisotopic (exact) mass is 335 g/mol. The second-order valence-corrected chi connectivity index (χ2v) is 6.45. The van der Waals surface area contributed by atoms with E-state index in [1.807, 2.05) is 25.1 Å². The Labute approximate surface area is 144 Å². The average Bonchev–Trinajstić information content (AvgIpc) is 2.56. The third-order valence-corrected chi connectivity index (χ3v) is 4.52. The molecule has 5 nitrogen and oxygen atoms in total.